The summed E-state index contributed by atoms with van der Waals surface area (Å²) in [5.74, 6) is 4.90. The Kier molecular flexibility index (Phi) is 10.7. The number of nitrogens with zero attached hydrogens (tertiary/aromatic N) is 4. The number of fused-ring (bicyclic) bond motifs is 2. The second-order valence-electron chi connectivity index (χ2n) is 13.3. The SMILES string of the molecule is CCOc1ccc(N2C[C@H]3CN(C(=O)NCCCN4CCCC4=O)C[C@H]3C2)cc1.CCOc1ccc(N2C[C@H]3CNC[C@H]3C2)cc1. The van der Waals surface area contributed by atoms with Gasteiger partial charge in [0.1, 0.15) is 11.5 Å². The fraction of sp³-hybridized carbons (Fsp3) is 0.611. The second-order valence-corrected chi connectivity index (χ2v) is 13.3. The van der Waals surface area contributed by atoms with Crippen LogP contribution >= 0.6 is 0 Å². The summed E-state index contributed by atoms with van der Waals surface area (Å²) >= 11 is 0. The highest BCUT2D eigenvalue weighted by molar-refractivity contribution is 5.78. The molecule has 46 heavy (non-hydrogen) atoms. The Labute approximate surface area is 274 Å². The highest BCUT2D eigenvalue weighted by Gasteiger charge is 2.41. The first-order chi connectivity index (χ1) is 22.5. The summed E-state index contributed by atoms with van der Waals surface area (Å²) in [5, 5.41) is 6.51. The maximum absolute atomic E-state index is 12.5. The van der Waals surface area contributed by atoms with Crippen molar-refractivity contribution in [3.63, 3.8) is 0 Å². The lowest BCUT2D eigenvalue weighted by atomic mass is 10.0. The van der Waals surface area contributed by atoms with E-state index in [1.165, 1.54) is 37.6 Å². The van der Waals surface area contributed by atoms with E-state index in [1.807, 2.05) is 35.8 Å². The Balaban J connectivity index is 0.000000185. The van der Waals surface area contributed by atoms with E-state index in [1.54, 1.807) is 0 Å². The summed E-state index contributed by atoms with van der Waals surface area (Å²) in [6.45, 7) is 16.1. The first-order valence-electron chi connectivity index (χ1n) is 17.5. The van der Waals surface area contributed by atoms with Gasteiger partial charge in [-0.3, -0.25) is 4.79 Å². The van der Waals surface area contributed by atoms with Crippen LogP contribution < -0.4 is 29.9 Å². The summed E-state index contributed by atoms with van der Waals surface area (Å²) in [6, 6.07) is 16.9. The van der Waals surface area contributed by atoms with Crippen molar-refractivity contribution in [1.82, 2.24) is 20.4 Å². The maximum atomic E-state index is 12.5. The van der Waals surface area contributed by atoms with Gasteiger partial charge in [-0.25, -0.2) is 4.79 Å². The van der Waals surface area contributed by atoms with E-state index >= 15 is 0 Å². The topological polar surface area (TPSA) is 89.6 Å². The van der Waals surface area contributed by atoms with Crippen molar-refractivity contribution in [3.8, 4) is 11.5 Å². The molecule has 4 atom stereocenters. The molecule has 5 aliphatic rings. The highest BCUT2D eigenvalue weighted by atomic mass is 16.5. The molecule has 0 bridgehead atoms. The zero-order chi connectivity index (χ0) is 31.9. The molecule has 3 amide bonds. The normalized spacial score (nSPS) is 25.0. The predicted octanol–water partition coefficient (Wildman–Crippen LogP) is 3.92. The smallest absolute Gasteiger partial charge is 0.317 e. The van der Waals surface area contributed by atoms with Crippen molar-refractivity contribution in [2.45, 2.75) is 33.1 Å². The number of nitrogens with one attached hydrogen (secondary N) is 2. The fourth-order valence-corrected chi connectivity index (χ4v) is 7.79. The number of benzene rings is 2. The molecule has 0 unspecified atom stereocenters. The number of likely N-dealkylation sites (tertiary alicyclic amines) is 2. The minimum absolute atomic E-state index is 0.0414. The monoisotopic (exact) mass is 632 g/mol. The van der Waals surface area contributed by atoms with Gasteiger partial charge in [-0.2, -0.15) is 0 Å². The van der Waals surface area contributed by atoms with Gasteiger partial charge in [0.05, 0.1) is 13.2 Å². The van der Waals surface area contributed by atoms with Crippen LogP contribution in [0.2, 0.25) is 0 Å². The van der Waals surface area contributed by atoms with E-state index in [-0.39, 0.29) is 11.9 Å². The number of hydrogen-bond donors (Lipinski definition) is 2. The van der Waals surface area contributed by atoms with Crippen LogP contribution in [0.1, 0.15) is 33.1 Å². The Morgan fingerprint density at radius 2 is 1.30 bits per heavy atom. The van der Waals surface area contributed by atoms with E-state index in [2.05, 4.69) is 56.8 Å². The molecule has 7 rings (SSSR count). The first kappa shape index (κ1) is 32.3. The van der Waals surface area contributed by atoms with Crippen LogP contribution in [0.4, 0.5) is 16.2 Å². The maximum Gasteiger partial charge on any atom is 0.317 e. The molecule has 10 heteroatoms. The lowest BCUT2D eigenvalue weighted by molar-refractivity contribution is -0.127. The van der Waals surface area contributed by atoms with Crippen molar-refractivity contribution in [2.24, 2.45) is 23.7 Å². The lowest BCUT2D eigenvalue weighted by Crippen LogP contribution is -2.41. The molecule has 0 aromatic heterocycles. The van der Waals surface area contributed by atoms with Gasteiger partial charge in [-0.15, -0.1) is 0 Å². The minimum Gasteiger partial charge on any atom is -0.494 e. The molecule has 0 aliphatic carbocycles. The van der Waals surface area contributed by atoms with E-state index in [0.29, 0.717) is 31.4 Å². The van der Waals surface area contributed by atoms with Crippen molar-refractivity contribution in [3.05, 3.63) is 48.5 Å². The molecule has 5 fully saturated rings. The van der Waals surface area contributed by atoms with Crippen LogP contribution in [-0.2, 0) is 4.79 Å². The molecule has 5 saturated heterocycles. The van der Waals surface area contributed by atoms with Crippen molar-refractivity contribution < 1.29 is 19.1 Å². The molecule has 0 saturated carbocycles. The zero-order valence-corrected chi connectivity index (χ0v) is 27.7. The number of amides is 3. The molecule has 2 aromatic rings. The van der Waals surface area contributed by atoms with Gasteiger partial charge in [0, 0.05) is 102 Å². The molecule has 2 N–H and O–H groups in total. The van der Waals surface area contributed by atoms with Crippen LogP contribution in [0.25, 0.3) is 0 Å². The molecule has 10 nitrogen and oxygen atoms in total. The summed E-state index contributed by atoms with van der Waals surface area (Å²) in [7, 11) is 0. The van der Waals surface area contributed by atoms with Gasteiger partial charge in [-0.05, 0) is 87.1 Å². The van der Waals surface area contributed by atoms with Gasteiger partial charge in [0.15, 0.2) is 0 Å². The predicted molar refractivity (Wildman–Crippen MR) is 182 cm³/mol. The van der Waals surface area contributed by atoms with Gasteiger partial charge >= 0.3 is 6.03 Å². The fourth-order valence-electron chi connectivity index (χ4n) is 7.79. The number of anilines is 2. The van der Waals surface area contributed by atoms with Crippen LogP contribution in [0, 0.1) is 23.7 Å². The number of ether oxygens (including phenoxy) is 2. The van der Waals surface area contributed by atoms with Crippen molar-refractivity contribution in [1.29, 1.82) is 0 Å². The zero-order valence-electron chi connectivity index (χ0n) is 27.7. The number of rotatable bonds is 10. The Morgan fingerprint density at radius 1 is 0.783 bits per heavy atom. The van der Waals surface area contributed by atoms with Gasteiger partial charge in [0.2, 0.25) is 5.91 Å². The number of hydrogen-bond acceptors (Lipinski definition) is 7. The van der Waals surface area contributed by atoms with Gasteiger partial charge in [-0.1, -0.05) is 0 Å². The molecule has 0 radical (unpaired) electrons. The third-order valence-corrected chi connectivity index (χ3v) is 10.2. The van der Waals surface area contributed by atoms with Crippen molar-refractivity contribution in [2.75, 3.05) is 95.0 Å². The van der Waals surface area contributed by atoms with E-state index in [4.69, 9.17) is 9.47 Å². The Hall–Kier alpha value is -3.66. The molecule has 5 aliphatic heterocycles. The molecule has 5 heterocycles. The average molecular weight is 633 g/mol. The summed E-state index contributed by atoms with van der Waals surface area (Å²) in [4.78, 5) is 32.9. The molecule has 2 aromatic carbocycles. The Bertz CT molecular complexity index is 1260. The molecule has 0 spiro atoms. The second kappa shape index (κ2) is 15.3. The van der Waals surface area contributed by atoms with Crippen LogP contribution in [0.5, 0.6) is 11.5 Å². The van der Waals surface area contributed by atoms with E-state index < -0.39 is 0 Å². The van der Waals surface area contributed by atoms with E-state index in [9.17, 15) is 9.59 Å². The molecular formula is C36H52N6O4. The van der Waals surface area contributed by atoms with E-state index in [0.717, 1.165) is 82.1 Å². The standard InChI is InChI=1S/C22H32N4O3.C14H20N2O/c1-2-29-20-8-6-19(7-9-20)25-13-17-15-26(16-18(17)14-25)22(28)23-10-4-12-24-11-3-5-21(24)27;1-2-17-14-5-3-13(4-6-14)16-9-11-7-15-8-12(11)10-16/h6-9,17-18H,2-5,10-16H2,1H3,(H,23,28);3-6,11-12,15H,2,7-10H2,1H3/t17-,18+;11-,12+. The quantitative estimate of drug-likeness (QED) is 0.384. The number of urea groups is 1. The summed E-state index contributed by atoms with van der Waals surface area (Å²) in [6.07, 6.45) is 2.47. The minimum atomic E-state index is 0.0414. The van der Waals surface area contributed by atoms with Crippen LogP contribution in [0.15, 0.2) is 48.5 Å². The average Bonchev–Trinajstić information content (AvgIpc) is 3.89. The van der Waals surface area contributed by atoms with Gasteiger partial charge < -0.3 is 39.7 Å². The molecular weight excluding hydrogens is 580 g/mol. The van der Waals surface area contributed by atoms with Crippen molar-refractivity contribution >= 4 is 23.3 Å². The largest absolute Gasteiger partial charge is 0.494 e. The highest BCUT2D eigenvalue weighted by Crippen LogP contribution is 2.35. The Morgan fingerprint density at radius 3 is 1.78 bits per heavy atom. The number of carbonyl (C=O) groups is 2. The molecule has 250 valence electrons. The third kappa shape index (κ3) is 7.82. The summed E-state index contributed by atoms with van der Waals surface area (Å²) < 4.78 is 11.0. The lowest BCUT2D eigenvalue weighted by Gasteiger charge is -2.24. The summed E-state index contributed by atoms with van der Waals surface area (Å²) in [5.41, 5.74) is 2.57. The van der Waals surface area contributed by atoms with Gasteiger partial charge in [0.25, 0.3) is 0 Å². The van der Waals surface area contributed by atoms with Crippen LogP contribution in [-0.4, -0.2) is 107 Å². The van der Waals surface area contributed by atoms with Crippen LogP contribution in [0.3, 0.4) is 0 Å². The first-order valence-corrected chi connectivity index (χ1v) is 17.5. The number of carbonyl (C=O) groups excluding carboxylic acids is 2. The third-order valence-electron chi connectivity index (χ3n) is 10.2.